The Morgan fingerprint density at radius 2 is 2.47 bits per heavy atom. The Bertz CT molecular complexity index is 343. The molecule has 1 fully saturated rings. The average molecular weight is 208 g/mol. The van der Waals surface area contributed by atoms with E-state index in [-0.39, 0.29) is 5.91 Å². The molecule has 0 unspecified atom stereocenters. The van der Waals surface area contributed by atoms with Gasteiger partial charge in [0.1, 0.15) is 0 Å². The maximum atomic E-state index is 11.3. The number of amides is 1. The van der Waals surface area contributed by atoms with Gasteiger partial charge in [-0.15, -0.1) is 0 Å². The molecule has 82 valence electrons. The Morgan fingerprint density at radius 3 is 3.07 bits per heavy atom. The summed E-state index contributed by atoms with van der Waals surface area (Å²) in [5.41, 5.74) is 1.08. The molecule has 0 radical (unpaired) electrons. The number of rotatable bonds is 5. The molecule has 0 aromatic carbocycles. The van der Waals surface area contributed by atoms with E-state index < -0.39 is 0 Å². The van der Waals surface area contributed by atoms with Crippen LogP contribution in [0.5, 0.6) is 0 Å². The van der Waals surface area contributed by atoms with Crippen molar-refractivity contribution in [3.05, 3.63) is 18.2 Å². The molecule has 1 saturated carbocycles. The lowest BCUT2D eigenvalue weighted by Gasteiger charge is -2.05. The van der Waals surface area contributed by atoms with Crippen LogP contribution in [0, 0.1) is 0 Å². The number of nitrogens with one attached hydrogen (secondary N) is 2. The number of aryl methyl sites for hydroxylation is 1. The van der Waals surface area contributed by atoms with Gasteiger partial charge in [0.25, 0.3) is 0 Å². The highest BCUT2D eigenvalue weighted by Gasteiger charge is 2.22. The summed E-state index contributed by atoms with van der Waals surface area (Å²) in [6, 6.07) is 0.441. The molecule has 15 heavy (non-hydrogen) atoms. The zero-order valence-corrected chi connectivity index (χ0v) is 8.86. The lowest BCUT2D eigenvalue weighted by atomic mass is 10.4. The Balaban J connectivity index is 1.65. The third-order valence-electron chi connectivity index (χ3n) is 2.45. The highest BCUT2D eigenvalue weighted by Crippen LogP contribution is 2.18. The zero-order chi connectivity index (χ0) is 10.7. The summed E-state index contributed by atoms with van der Waals surface area (Å²) in [7, 11) is 1.94. The minimum atomic E-state index is 0.0830. The molecule has 0 spiro atoms. The maximum absolute atomic E-state index is 11.3. The Labute approximate surface area is 88.9 Å². The summed E-state index contributed by atoms with van der Waals surface area (Å²) >= 11 is 0. The van der Waals surface area contributed by atoms with Gasteiger partial charge in [0.15, 0.2) is 0 Å². The van der Waals surface area contributed by atoms with Gasteiger partial charge in [-0.05, 0) is 12.8 Å². The largest absolute Gasteiger partial charge is 0.352 e. The van der Waals surface area contributed by atoms with Crippen LogP contribution in [0.1, 0.15) is 18.5 Å². The maximum Gasteiger partial charge on any atom is 0.234 e. The standard InChI is InChI=1S/C10H16N4O/c1-14-7-12-5-9(14)4-11-6-10(15)13-8-2-3-8/h5,7-8,11H,2-4,6H2,1H3,(H,13,15). The van der Waals surface area contributed by atoms with E-state index in [0.29, 0.717) is 19.1 Å². The Hall–Kier alpha value is -1.36. The normalized spacial score (nSPS) is 15.3. The molecule has 0 bridgehead atoms. The van der Waals surface area contributed by atoms with Crippen molar-refractivity contribution in [2.24, 2.45) is 7.05 Å². The van der Waals surface area contributed by atoms with Crippen molar-refractivity contribution >= 4 is 5.91 Å². The lowest BCUT2D eigenvalue weighted by Crippen LogP contribution is -2.35. The first kappa shape index (κ1) is 10.2. The number of hydrogen-bond acceptors (Lipinski definition) is 3. The molecule has 1 aromatic heterocycles. The number of aromatic nitrogens is 2. The number of nitrogens with zero attached hydrogens (tertiary/aromatic N) is 2. The van der Waals surface area contributed by atoms with E-state index in [1.807, 2.05) is 11.6 Å². The first-order valence-electron chi connectivity index (χ1n) is 5.21. The third kappa shape index (κ3) is 3.06. The van der Waals surface area contributed by atoms with E-state index >= 15 is 0 Å². The van der Waals surface area contributed by atoms with Gasteiger partial charge >= 0.3 is 0 Å². The second-order valence-electron chi connectivity index (χ2n) is 3.94. The quantitative estimate of drug-likeness (QED) is 0.704. The van der Waals surface area contributed by atoms with Gasteiger partial charge in [0.05, 0.1) is 18.6 Å². The molecule has 1 aliphatic carbocycles. The Morgan fingerprint density at radius 1 is 1.67 bits per heavy atom. The third-order valence-corrected chi connectivity index (χ3v) is 2.45. The molecule has 2 N–H and O–H groups in total. The fraction of sp³-hybridized carbons (Fsp3) is 0.600. The molecule has 1 heterocycles. The van der Waals surface area contributed by atoms with Crippen molar-refractivity contribution in [3.63, 3.8) is 0 Å². The van der Waals surface area contributed by atoms with Gasteiger partial charge in [-0.25, -0.2) is 4.98 Å². The van der Waals surface area contributed by atoms with Gasteiger partial charge < -0.3 is 15.2 Å². The van der Waals surface area contributed by atoms with Gasteiger partial charge in [0, 0.05) is 25.8 Å². The topological polar surface area (TPSA) is 59.0 Å². The van der Waals surface area contributed by atoms with Gasteiger partial charge in [-0.2, -0.15) is 0 Å². The van der Waals surface area contributed by atoms with Gasteiger partial charge in [0.2, 0.25) is 5.91 Å². The smallest absolute Gasteiger partial charge is 0.234 e. The van der Waals surface area contributed by atoms with Crippen LogP contribution in [0.3, 0.4) is 0 Å². The van der Waals surface area contributed by atoms with Gasteiger partial charge in [-0.1, -0.05) is 0 Å². The molecule has 1 amide bonds. The minimum Gasteiger partial charge on any atom is -0.352 e. The van der Waals surface area contributed by atoms with Crippen LogP contribution in [-0.4, -0.2) is 28.0 Å². The van der Waals surface area contributed by atoms with Crippen molar-refractivity contribution in [2.45, 2.75) is 25.4 Å². The molecule has 0 atom stereocenters. The molecule has 0 saturated heterocycles. The predicted octanol–water partition coefficient (Wildman–Crippen LogP) is -0.212. The zero-order valence-electron chi connectivity index (χ0n) is 8.86. The van der Waals surface area contributed by atoms with Crippen molar-refractivity contribution in [1.82, 2.24) is 20.2 Å². The summed E-state index contributed by atoms with van der Waals surface area (Å²) in [5, 5.41) is 6.01. The second-order valence-corrected chi connectivity index (χ2v) is 3.94. The van der Waals surface area contributed by atoms with Crippen molar-refractivity contribution < 1.29 is 4.79 Å². The highest BCUT2D eigenvalue weighted by molar-refractivity contribution is 5.78. The van der Waals surface area contributed by atoms with Crippen LogP contribution in [-0.2, 0) is 18.4 Å². The Kier molecular flexibility index (Phi) is 3.01. The highest BCUT2D eigenvalue weighted by atomic mass is 16.2. The first-order chi connectivity index (χ1) is 7.25. The predicted molar refractivity (Wildman–Crippen MR) is 56.1 cm³/mol. The lowest BCUT2D eigenvalue weighted by molar-refractivity contribution is -0.120. The summed E-state index contributed by atoms with van der Waals surface area (Å²) in [4.78, 5) is 15.3. The first-order valence-corrected chi connectivity index (χ1v) is 5.21. The molecular formula is C10H16N4O. The van der Waals surface area contributed by atoms with E-state index in [1.165, 1.54) is 0 Å². The summed E-state index contributed by atoms with van der Waals surface area (Å²) in [6.45, 7) is 1.05. The number of hydrogen-bond donors (Lipinski definition) is 2. The second kappa shape index (κ2) is 4.44. The van der Waals surface area contributed by atoms with E-state index in [2.05, 4.69) is 15.6 Å². The monoisotopic (exact) mass is 208 g/mol. The SMILES string of the molecule is Cn1cncc1CNCC(=O)NC1CC1. The van der Waals surface area contributed by atoms with E-state index in [9.17, 15) is 4.79 Å². The van der Waals surface area contributed by atoms with Crippen LogP contribution in [0.25, 0.3) is 0 Å². The molecule has 2 rings (SSSR count). The number of carbonyl (C=O) groups is 1. The molecular weight excluding hydrogens is 192 g/mol. The van der Waals surface area contributed by atoms with Crippen LogP contribution >= 0.6 is 0 Å². The van der Waals surface area contributed by atoms with E-state index in [0.717, 1.165) is 18.5 Å². The molecule has 5 nitrogen and oxygen atoms in total. The van der Waals surface area contributed by atoms with Crippen molar-refractivity contribution in [3.8, 4) is 0 Å². The van der Waals surface area contributed by atoms with Crippen LogP contribution in [0.2, 0.25) is 0 Å². The van der Waals surface area contributed by atoms with Crippen molar-refractivity contribution in [2.75, 3.05) is 6.54 Å². The van der Waals surface area contributed by atoms with Gasteiger partial charge in [-0.3, -0.25) is 4.79 Å². The van der Waals surface area contributed by atoms with Crippen LogP contribution < -0.4 is 10.6 Å². The van der Waals surface area contributed by atoms with Crippen molar-refractivity contribution in [1.29, 1.82) is 0 Å². The van der Waals surface area contributed by atoms with Crippen LogP contribution in [0.15, 0.2) is 12.5 Å². The summed E-state index contributed by atoms with van der Waals surface area (Å²) < 4.78 is 1.94. The average Bonchev–Trinajstić information content (AvgIpc) is 2.91. The fourth-order valence-electron chi connectivity index (χ4n) is 1.37. The van der Waals surface area contributed by atoms with E-state index in [1.54, 1.807) is 12.5 Å². The van der Waals surface area contributed by atoms with Crippen LogP contribution in [0.4, 0.5) is 0 Å². The fourth-order valence-corrected chi connectivity index (χ4v) is 1.37. The minimum absolute atomic E-state index is 0.0830. The summed E-state index contributed by atoms with van der Waals surface area (Å²) in [6.07, 6.45) is 5.81. The molecule has 5 heteroatoms. The summed E-state index contributed by atoms with van der Waals surface area (Å²) in [5.74, 6) is 0.0830. The number of imidazole rings is 1. The molecule has 1 aliphatic rings. The molecule has 1 aromatic rings. The molecule has 0 aliphatic heterocycles. The van der Waals surface area contributed by atoms with E-state index in [4.69, 9.17) is 0 Å². The number of carbonyl (C=O) groups excluding carboxylic acids is 1.